The summed E-state index contributed by atoms with van der Waals surface area (Å²) in [5.74, 6) is 5.13. The number of hydrogen-bond acceptors (Lipinski definition) is 8. The first-order valence-electron chi connectivity index (χ1n) is 16.3. The molecule has 0 bridgehead atoms. The van der Waals surface area contributed by atoms with Crippen molar-refractivity contribution in [3.05, 3.63) is 137 Å². The predicted octanol–water partition coefficient (Wildman–Crippen LogP) is 6.51. The van der Waals surface area contributed by atoms with E-state index in [4.69, 9.17) is 9.47 Å². The van der Waals surface area contributed by atoms with Gasteiger partial charge in [0, 0.05) is 41.5 Å². The molecule has 1 aliphatic heterocycles. The van der Waals surface area contributed by atoms with E-state index >= 15 is 0 Å². The van der Waals surface area contributed by atoms with E-state index in [0.717, 1.165) is 46.5 Å². The Kier molecular flexibility index (Phi) is 10.3. The number of carbonyl (C=O) groups excluding carboxylic acids is 2. The van der Waals surface area contributed by atoms with Crippen molar-refractivity contribution in [1.82, 2.24) is 24.8 Å². The number of nitrogens with zero attached hydrogens (tertiary/aromatic N) is 4. The Labute approximate surface area is 285 Å². The lowest BCUT2D eigenvalue weighted by Gasteiger charge is -2.31. The zero-order valence-electron chi connectivity index (χ0n) is 27.8. The number of ether oxygens (including phenoxy) is 2. The summed E-state index contributed by atoms with van der Waals surface area (Å²) in [6.45, 7) is 5.66. The van der Waals surface area contributed by atoms with Crippen LogP contribution in [0.2, 0.25) is 0 Å². The third kappa shape index (κ3) is 7.44. The quantitative estimate of drug-likeness (QED) is 0.135. The average molecular weight is 652 g/mol. The molecule has 0 fully saturated rings. The van der Waals surface area contributed by atoms with Crippen LogP contribution in [0, 0.1) is 24.7 Å². The maximum atomic E-state index is 13.8. The predicted molar refractivity (Wildman–Crippen MR) is 188 cm³/mol. The molecule has 246 valence electrons. The summed E-state index contributed by atoms with van der Waals surface area (Å²) in [7, 11) is 0. The van der Waals surface area contributed by atoms with Crippen LogP contribution in [-0.4, -0.2) is 44.7 Å². The van der Waals surface area contributed by atoms with Crippen LogP contribution in [0.25, 0.3) is 22.4 Å². The number of pyridine rings is 2. The Bertz CT molecular complexity index is 2090. The molecule has 1 unspecified atom stereocenters. The lowest BCUT2D eigenvalue weighted by Crippen LogP contribution is -2.34. The Morgan fingerprint density at radius 3 is 2.41 bits per heavy atom. The third-order valence-corrected chi connectivity index (χ3v) is 8.41. The minimum absolute atomic E-state index is 0.105. The zero-order chi connectivity index (χ0) is 34.2. The molecular formula is C40H37N5O4. The average Bonchev–Trinajstić information content (AvgIpc) is 3.46. The largest absolute Gasteiger partial charge is 0.463 e. The van der Waals surface area contributed by atoms with Gasteiger partial charge in [0.25, 0.3) is 0 Å². The number of esters is 2. The van der Waals surface area contributed by atoms with Crippen molar-refractivity contribution in [2.24, 2.45) is 5.92 Å². The fraction of sp³-hybridized carbons (Fsp3) is 0.225. The summed E-state index contributed by atoms with van der Waals surface area (Å²) in [5, 5.41) is 3.39. The van der Waals surface area contributed by atoms with Gasteiger partial charge in [0.1, 0.15) is 11.3 Å². The lowest BCUT2D eigenvalue weighted by molar-refractivity contribution is -0.139. The van der Waals surface area contributed by atoms with Gasteiger partial charge in [-0.15, -0.1) is 0 Å². The van der Waals surface area contributed by atoms with E-state index in [-0.39, 0.29) is 13.2 Å². The summed E-state index contributed by atoms with van der Waals surface area (Å²) in [4.78, 5) is 40.5. The number of allylic oxidation sites excluding steroid dienone is 1. The first-order valence-corrected chi connectivity index (χ1v) is 16.3. The van der Waals surface area contributed by atoms with Gasteiger partial charge in [0.05, 0.1) is 35.2 Å². The molecule has 1 atom stereocenters. The Morgan fingerprint density at radius 2 is 1.65 bits per heavy atom. The first-order chi connectivity index (χ1) is 23.9. The van der Waals surface area contributed by atoms with Crippen LogP contribution < -0.4 is 5.32 Å². The van der Waals surface area contributed by atoms with Crippen LogP contribution in [0.5, 0.6) is 0 Å². The molecule has 6 rings (SSSR count). The SMILES string of the molecule is CCOC(=O)C1=C(c2ccc(-n3c(C)nc4cnccc43)cc2)NC(C)=C(C(=O)OCC#Cc2cccnc2)C1CCCc1ccccc1. The maximum absolute atomic E-state index is 13.8. The molecule has 49 heavy (non-hydrogen) atoms. The van der Waals surface area contributed by atoms with Gasteiger partial charge < -0.3 is 14.8 Å². The molecular weight excluding hydrogens is 614 g/mol. The number of dihydropyridines is 1. The van der Waals surface area contributed by atoms with E-state index in [1.54, 1.807) is 37.8 Å². The Balaban J connectivity index is 1.34. The normalized spacial score (nSPS) is 14.2. The number of rotatable bonds is 10. The van der Waals surface area contributed by atoms with Gasteiger partial charge in [-0.25, -0.2) is 14.6 Å². The monoisotopic (exact) mass is 651 g/mol. The standard InChI is InChI=1S/C40H37N5O4/c1-4-48-40(47)37-33(16-8-13-29-11-6-5-7-12-29)36(39(46)49-24-10-15-30-14-9-22-41-25-30)27(2)43-38(37)31-17-19-32(20-18-31)45-28(3)44-34-26-42-23-21-35(34)45/h5-7,9,11-12,14,17-23,25-26,33,43H,4,8,13,16,24H2,1-3H3. The molecule has 0 saturated carbocycles. The van der Waals surface area contributed by atoms with E-state index in [9.17, 15) is 9.59 Å². The fourth-order valence-corrected chi connectivity index (χ4v) is 6.23. The molecule has 9 heteroatoms. The fourth-order valence-electron chi connectivity index (χ4n) is 6.23. The first kappa shape index (κ1) is 32.9. The molecule has 1 N–H and O–H groups in total. The summed E-state index contributed by atoms with van der Waals surface area (Å²) >= 11 is 0. The van der Waals surface area contributed by atoms with Crippen molar-refractivity contribution >= 4 is 28.7 Å². The van der Waals surface area contributed by atoms with E-state index in [1.165, 1.54) is 5.56 Å². The molecule has 0 amide bonds. The zero-order valence-corrected chi connectivity index (χ0v) is 27.8. The van der Waals surface area contributed by atoms with Gasteiger partial charge >= 0.3 is 11.9 Å². The van der Waals surface area contributed by atoms with E-state index < -0.39 is 17.9 Å². The molecule has 1 aliphatic rings. The number of benzene rings is 2. The molecule has 2 aromatic carbocycles. The summed E-state index contributed by atoms with van der Waals surface area (Å²) in [6.07, 6.45) is 8.87. The molecule has 0 aliphatic carbocycles. The Hall–Kier alpha value is -6.01. The third-order valence-electron chi connectivity index (χ3n) is 8.41. The van der Waals surface area contributed by atoms with Gasteiger partial charge in [0.15, 0.2) is 6.61 Å². The smallest absolute Gasteiger partial charge is 0.337 e. The van der Waals surface area contributed by atoms with Gasteiger partial charge in [-0.3, -0.25) is 14.5 Å². The molecule has 5 aromatic rings. The second kappa shape index (κ2) is 15.3. The van der Waals surface area contributed by atoms with Crippen LogP contribution in [0.3, 0.4) is 0 Å². The van der Waals surface area contributed by atoms with Gasteiger partial charge in [-0.1, -0.05) is 54.3 Å². The Morgan fingerprint density at radius 1 is 0.878 bits per heavy atom. The lowest BCUT2D eigenvalue weighted by atomic mass is 9.80. The van der Waals surface area contributed by atoms with Crippen molar-refractivity contribution in [3.8, 4) is 17.5 Å². The molecule has 9 nitrogen and oxygen atoms in total. The van der Waals surface area contributed by atoms with E-state index in [1.807, 2.05) is 68.4 Å². The minimum atomic E-state index is -0.565. The molecule has 4 heterocycles. The van der Waals surface area contributed by atoms with Gasteiger partial charge in [-0.05, 0) is 81.5 Å². The maximum Gasteiger partial charge on any atom is 0.337 e. The highest BCUT2D eigenvalue weighted by Crippen LogP contribution is 2.38. The minimum Gasteiger partial charge on any atom is -0.463 e. The summed E-state index contributed by atoms with van der Waals surface area (Å²) in [5.41, 5.74) is 7.41. The highest BCUT2D eigenvalue weighted by Gasteiger charge is 2.38. The van der Waals surface area contributed by atoms with Crippen LogP contribution in [-0.2, 0) is 25.5 Å². The van der Waals surface area contributed by atoms with Crippen molar-refractivity contribution < 1.29 is 19.1 Å². The molecule has 0 radical (unpaired) electrons. The van der Waals surface area contributed by atoms with Crippen LogP contribution >= 0.6 is 0 Å². The molecule has 3 aromatic heterocycles. The molecule has 0 saturated heterocycles. The van der Waals surface area contributed by atoms with Crippen LogP contribution in [0.15, 0.2) is 114 Å². The highest BCUT2D eigenvalue weighted by molar-refractivity contribution is 6.03. The van der Waals surface area contributed by atoms with Crippen LogP contribution in [0.4, 0.5) is 0 Å². The molecule has 0 spiro atoms. The topological polar surface area (TPSA) is 108 Å². The highest BCUT2D eigenvalue weighted by atomic mass is 16.5. The number of hydrogen-bond donors (Lipinski definition) is 1. The number of carbonyl (C=O) groups is 2. The van der Waals surface area contributed by atoms with Crippen molar-refractivity contribution in [2.75, 3.05) is 13.2 Å². The van der Waals surface area contributed by atoms with Gasteiger partial charge in [-0.2, -0.15) is 0 Å². The summed E-state index contributed by atoms with van der Waals surface area (Å²) in [6, 6.07) is 23.7. The number of aromatic nitrogens is 4. The van der Waals surface area contributed by atoms with E-state index in [2.05, 4.69) is 48.8 Å². The number of nitrogens with one attached hydrogen (secondary N) is 1. The number of fused-ring (bicyclic) bond motifs is 1. The second-order valence-corrected chi connectivity index (χ2v) is 11.6. The van der Waals surface area contributed by atoms with Crippen LogP contribution in [0.1, 0.15) is 49.2 Å². The van der Waals surface area contributed by atoms with Crippen molar-refractivity contribution in [3.63, 3.8) is 0 Å². The number of imidazole rings is 1. The van der Waals surface area contributed by atoms with E-state index in [0.29, 0.717) is 29.0 Å². The summed E-state index contributed by atoms with van der Waals surface area (Å²) < 4.78 is 13.4. The van der Waals surface area contributed by atoms with Crippen molar-refractivity contribution in [1.29, 1.82) is 0 Å². The number of aryl methyl sites for hydroxylation is 2. The van der Waals surface area contributed by atoms with Crippen molar-refractivity contribution in [2.45, 2.75) is 40.0 Å². The second-order valence-electron chi connectivity index (χ2n) is 11.6. The van der Waals surface area contributed by atoms with Gasteiger partial charge in [0.2, 0.25) is 0 Å².